The Morgan fingerprint density at radius 3 is 2.75 bits per heavy atom. The van der Waals surface area contributed by atoms with E-state index in [1.807, 2.05) is 36.9 Å². The summed E-state index contributed by atoms with van der Waals surface area (Å²) in [6.45, 7) is 12.8. The topological polar surface area (TPSA) is 47.4 Å². The molecule has 0 spiro atoms. The first-order valence-corrected chi connectivity index (χ1v) is 10.3. The van der Waals surface area contributed by atoms with Crippen LogP contribution in [0.25, 0.3) is 0 Å². The summed E-state index contributed by atoms with van der Waals surface area (Å²) in [5.74, 6) is 0. The number of likely N-dealkylation sites (tertiary alicyclic amines) is 1. The molecule has 0 N–H and O–H groups in total. The van der Waals surface area contributed by atoms with Crippen LogP contribution in [0.3, 0.4) is 0 Å². The van der Waals surface area contributed by atoms with Crippen LogP contribution in [0.15, 0.2) is 47.5 Å². The molecule has 0 aromatic carbocycles. The highest BCUT2D eigenvalue weighted by molar-refractivity contribution is 5.22. The van der Waals surface area contributed by atoms with Crippen molar-refractivity contribution < 1.29 is 4.74 Å². The van der Waals surface area contributed by atoms with Crippen molar-refractivity contribution >= 4 is 0 Å². The van der Waals surface area contributed by atoms with Crippen molar-refractivity contribution in [2.45, 2.75) is 52.6 Å². The van der Waals surface area contributed by atoms with Gasteiger partial charge >= 0.3 is 0 Å². The molecule has 1 saturated heterocycles. The van der Waals surface area contributed by atoms with Gasteiger partial charge in [0.2, 0.25) is 5.56 Å². The molecular formula is C23H33N3O2. The van der Waals surface area contributed by atoms with E-state index in [-0.39, 0.29) is 16.5 Å². The molecule has 1 aliphatic heterocycles. The van der Waals surface area contributed by atoms with Gasteiger partial charge in [-0.3, -0.25) is 14.7 Å². The summed E-state index contributed by atoms with van der Waals surface area (Å²) in [6, 6.07) is 9.62. The Morgan fingerprint density at radius 2 is 2.07 bits per heavy atom. The molecule has 1 fully saturated rings. The van der Waals surface area contributed by atoms with Gasteiger partial charge in [-0.15, -0.1) is 0 Å². The standard InChI is InChI=1S/C23H33N3O2/c1-5-28-18-23(11-14-25-13-7-6-8-21(25)27)12-15-26(17-23)22(3,4)20-10-9-19(2)24-16-20/h6-10,13,16H,5,11-12,14-15,17-18H2,1-4H3. The number of pyridine rings is 2. The highest BCUT2D eigenvalue weighted by Crippen LogP contribution is 2.41. The molecule has 152 valence electrons. The zero-order valence-electron chi connectivity index (χ0n) is 17.6. The lowest BCUT2D eigenvalue weighted by molar-refractivity contribution is 0.0357. The molecule has 2 aromatic rings. The van der Waals surface area contributed by atoms with Gasteiger partial charge in [0.05, 0.1) is 6.61 Å². The minimum atomic E-state index is -0.0851. The minimum Gasteiger partial charge on any atom is -0.381 e. The second kappa shape index (κ2) is 8.58. The molecule has 5 nitrogen and oxygen atoms in total. The Balaban J connectivity index is 1.76. The van der Waals surface area contributed by atoms with E-state index in [0.717, 1.165) is 51.4 Å². The highest BCUT2D eigenvalue weighted by atomic mass is 16.5. The van der Waals surface area contributed by atoms with Crippen molar-refractivity contribution in [3.8, 4) is 0 Å². The quantitative estimate of drug-likeness (QED) is 0.699. The van der Waals surface area contributed by atoms with Gasteiger partial charge in [-0.2, -0.15) is 0 Å². The third kappa shape index (κ3) is 4.53. The summed E-state index contributed by atoms with van der Waals surface area (Å²) in [5, 5.41) is 0. The SMILES string of the molecule is CCOCC1(CCn2ccccc2=O)CCN(C(C)(C)c2ccc(C)nc2)C1. The number of hydrogen-bond acceptors (Lipinski definition) is 4. The number of aryl methyl sites for hydroxylation is 2. The van der Waals surface area contributed by atoms with Crippen molar-refractivity contribution in [2.24, 2.45) is 5.41 Å². The molecule has 1 atom stereocenters. The van der Waals surface area contributed by atoms with Crippen molar-refractivity contribution in [1.82, 2.24) is 14.5 Å². The molecule has 5 heteroatoms. The van der Waals surface area contributed by atoms with E-state index in [1.54, 1.807) is 12.1 Å². The summed E-state index contributed by atoms with van der Waals surface area (Å²) in [6.07, 6.45) is 5.90. The number of ether oxygens (including phenoxy) is 1. The normalized spacial score (nSPS) is 20.6. The fourth-order valence-electron chi connectivity index (χ4n) is 4.14. The van der Waals surface area contributed by atoms with Gasteiger partial charge in [-0.25, -0.2) is 0 Å². The third-order valence-electron chi connectivity index (χ3n) is 6.24. The number of rotatable bonds is 8. The van der Waals surface area contributed by atoms with Crippen molar-refractivity contribution in [3.63, 3.8) is 0 Å². The average molecular weight is 384 g/mol. The molecule has 2 aromatic heterocycles. The van der Waals surface area contributed by atoms with E-state index in [9.17, 15) is 4.79 Å². The van der Waals surface area contributed by atoms with E-state index in [4.69, 9.17) is 4.74 Å². The molecule has 28 heavy (non-hydrogen) atoms. The van der Waals surface area contributed by atoms with Crippen LogP contribution in [-0.2, 0) is 16.8 Å². The zero-order chi connectivity index (χ0) is 20.2. The molecule has 3 rings (SSSR count). The zero-order valence-corrected chi connectivity index (χ0v) is 17.6. The van der Waals surface area contributed by atoms with Crippen LogP contribution in [0, 0.1) is 12.3 Å². The van der Waals surface area contributed by atoms with Crippen LogP contribution < -0.4 is 5.56 Å². The Morgan fingerprint density at radius 1 is 1.25 bits per heavy atom. The fourth-order valence-corrected chi connectivity index (χ4v) is 4.14. The van der Waals surface area contributed by atoms with Crippen LogP contribution in [0.2, 0.25) is 0 Å². The maximum absolute atomic E-state index is 12.1. The summed E-state index contributed by atoms with van der Waals surface area (Å²) in [5.41, 5.74) is 2.33. The first-order valence-electron chi connectivity index (χ1n) is 10.3. The predicted octanol–water partition coefficient (Wildman–Crippen LogP) is 3.61. The second-order valence-corrected chi connectivity index (χ2v) is 8.54. The fraction of sp³-hybridized carbons (Fsp3) is 0.565. The maximum atomic E-state index is 12.1. The lowest BCUT2D eigenvalue weighted by Crippen LogP contribution is -2.42. The smallest absolute Gasteiger partial charge is 0.250 e. The van der Waals surface area contributed by atoms with Crippen LogP contribution >= 0.6 is 0 Å². The van der Waals surface area contributed by atoms with Gasteiger partial charge < -0.3 is 9.30 Å². The largest absolute Gasteiger partial charge is 0.381 e. The van der Waals surface area contributed by atoms with E-state index in [0.29, 0.717) is 0 Å². The molecule has 1 aliphatic rings. The molecule has 1 unspecified atom stereocenters. The Labute approximate surface area is 168 Å². The first kappa shape index (κ1) is 20.7. The van der Waals surface area contributed by atoms with Crippen molar-refractivity contribution in [1.29, 1.82) is 0 Å². The van der Waals surface area contributed by atoms with E-state index < -0.39 is 0 Å². The van der Waals surface area contributed by atoms with E-state index in [2.05, 4.69) is 35.9 Å². The molecule has 0 radical (unpaired) electrons. The summed E-state index contributed by atoms with van der Waals surface area (Å²) in [7, 11) is 0. The van der Waals surface area contributed by atoms with Gasteiger partial charge in [0.25, 0.3) is 0 Å². The molecular weight excluding hydrogens is 350 g/mol. The molecule has 3 heterocycles. The third-order valence-corrected chi connectivity index (χ3v) is 6.24. The van der Waals surface area contributed by atoms with Crippen LogP contribution in [-0.4, -0.2) is 40.8 Å². The summed E-state index contributed by atoms with van der Waals surface area (Å²) in [4.78, 5) is 19.1. The molecule has 0 saturated carbocycles. The Hall–Kier alpha value is -1.98. The molecule has 0 amide bonds. The molecule has 0 bridgehead atoms. The van der Waals surface area contributed by atoms with Gasteiger partial charge in [-0.05, 0) is 64.8 Å². The first-order chi connectivity index (χ1) is 13.4. The Kier molecular flexibility index (Phi) is 6.36. The second-order valence-electron chi connectivity index (χ2n) is 8.54. The van der Waals surface area contributed by atoms with Gasteiger partial charge in [-0.1, -0.05) is 12.1 Å². The van der Waals surface area contributed by atoms with Crippen LogP contribution in [0.5, 0.6) is 0 Å². The monoisotopic (exact) mass is 383 g/mol. The van der Waals surface area contributed by atoms with Crippen molar-refractivity contribution in [3.05, 3.63) is 64.3 Å². The summed E-state index contributed by atoms with van der Waals surface area (Å²) >= 11 is 0. The Bertz CT molecular complexity index is 828. The average Bonchev–Trinajstić information content (AvgIpc) is 3.12. The number of aromatic nitrogens is 2. The minimum absolute atomic E-state index is 0.0648. The van der Waals surface area contributed by atoms with Gasteiger partial charge in [0, 0.05) is 54.8 Å². The predicted molar refractivity (Wildman–Crippen MR) is 112 cm³/mol. The lowest BCUT2D eigenvalue weighted by atomic mass is 9.84. The highest BCUT2D eigenvalue weighted by Gasteiger charge is 2.43. The van der Waals surface area contributed by atoms with Crippen LogP contribution in [0.4, 0.5) is 0 Å². The van der Waals surface area contributed by atoms with Crippen LogP contribution in [0.1, 0.15) is 44.9 Å². The van der Waals surface area contributed by atoms with E-state index >= 15 is 0 Å². The lowest BCUT2D eigenvalue weighted by Gasteiger charge is -2.38. The molecule has 0 aliphatic carbocycles. The van der Waals surface area contributed by atoms with Crippen molar-refractivity contribution in [2.75, 3.05) is 26.3 Å². The maximum Gasteiger partial charge on any atom is 0.250 e. The van der Waals surface area contributed by atoms with Gasteiger partial charge in [0.1, 0.15) is 0 Å². The summed E-state index contributed by atoms with van der Waals surface area (Å²) < 4.78 is 7.71. The number of nitrogens with zero attached hydrogens (tertiary/aromatic N) is 3. The van der Waals surface area contributed by atoms with Gasteiger partial charge in [0.15, 0.2) is 0 Å². The number of hydrogen-bond donors (Lipinski definition) is 0. The van der Waals surface area contributed by atoms with E-state index in [1.165, 1.54) is 5.56 Å².